The number of hydrogen-bond acceptors (Lipinski definition) is 7. The second-order valence-electron chi connectivity index (χ2n) is 5.97. The number of thiophene rings is 1. The lowest BCUT2D eigenvalue weighted by molar-refractivity contribution is 0.0789. The van der Waals surface area contributed by atoms with Gasteiger partial charge in [-0.15, -0.1) is 11.3 Å². The molecule has 0 radical (unpaired) electrons. The Morgan fingerprint density at radius 3 is 2.70 bits per heavy atom. The predicted octanol–water partition coefficient (Wildman–Crippen LogP) is 3.48. The summed E-state index contributed by atoms with van der Waals surface area (Å²) in [6, 6.07) is 3.56. The highest BCUT2D eigenvalue weighted by atomic mass is 35.5. The fourth-order valence-electron chi connectivity index (χ4n) is 2.71. The highest BCUT2D eigenvalue weighted by Gasteiger charge is 2.23. The Kier molecular flexibility index (Phi) is 5.88. The molecule has 0 aliphatic heterocycles. The van der Waals surface area contributed by atoms with Gasteiger partial charge in [0.05, 0.1) is 17.4 Å². The fraction of sp³-hybridized carbons (Fsp3) is 0.333. The molecule has 0 saturated heterocycles. The van der Waals surface area contributed by atoms with E-state index in [1.807, 2.05) is 13.0 Å². The topological polar surface area (TPSA) is 77.4 Å². The molecule has 0 N–H and O–H groups in total. The Morgan fingerprint density at radius 1 is 1.30 bits per heavy atom. The summed E-state index contributed by atoms with van der Waals surface area (Å²) in [4.78, 5) is 28.9. The van der Waals surface area contributed by atoms with Gasteiger partial charge in [-0.1, -0.05) is 17.7 Å². The van der Waals surface area contributed by atoms with Gasteiger partial charge in [0, 0.05) is 26.9 Å². The molecule has 0 saturated carbocycles. The van der Waals surface area contributed by atoms with Crippen LogP contribution in [-0.4, -0.2) is 47.0 Å². The molecule has 3 rings (SSSR count). The van der Waals surface area contributed by atoms with Gasteiger partial charge in [-0.05, 0) is 24.1 Å². The smallest absolute Gasteiger partial charge is 0.264 e. The number of hydrogen-bond donors (Lipinski definition) is 0. The molecule has 142 valence electrons. The average molecular weight is 407 g/mol. The molecule has 0 aromatic carbocycles. The molecule has 0 fully saturated rings. The van der Waals surface area contributed by atoms with Crippen molar-refractivity contribution in [1.82, 2.24) is 19.9 Å². The number of aromatic nitrogens is 3. The molecule has 3 aromatic heterocycles. The summed E-state index contributed by atoms with van der Waals surface area (Å²) in [6.07, 6.45) is 1.66. The first-order valence-corrected chi connectivity index (χ1v) is 9.32. The van der Waals surface area contributed by atoms with Crippen molar-refractivity contribution in [3.05, 3.63) is 45.3 Å². The van der Waals surface area contributed by atoms with Crippen molar-refractivity contribution in [2.75, 3.05) is 21.3 Å². The Labute approximate surface area is 165 Å². The summed E-state index contributed by atoms with van der Waals surface area (Å²) in [5.74, 6) is 0.868. The Balaban J connectivity index is 1.94. The van der Waals surface area contributed by atoms with Crippen molar-refractivity contribution in [1.29, 1.82) is 0 Å². The van der Waals surface area contributed by atoms with Crippen LogP contribution in [0.1, 0.15) is 26.6 Å². The standard InChI is InChI=1S/C18H19ClN4O3S/c1-10-14-16(26-4)21-13(9-25-3)22-17(14)27-15(10)18(24)23(2)8-11-5-6-12(19)20-7-11/h5-7H,8-9H2,1-4H3. The summed E-state index contributed by atoms with van der Waals surface area (Å²) >= 11 is 7.14. The number of amides is 1. The van der Waals surface area contributed by atoms with E-state index in [-0.39, 0.29) is 12.5 Å². The first kappa shape index (κ1) is 19.5. The third-order valence-corrected chi connectivity index (χ3v) is 5.42. The van der Waals surface area contributed by atoms with E-state index in [4.69, 9.17) is 21.1 Å². The van der Waals surface area contributed by atoms with Crippen molar-refractivity contribution >= 4 is 39.1 Å². The zero-order valence-electron chi connectivity index (χ0n) is 15.4. The van der Waals surface area contributed by atoms with E-state index in [9.17, 15) is 4.79 Å². The van der Waals surface area contributed by atoms with Crippen molar-refractivity contribution < 1.29 is 14.3 Å². The maximum atomic E-state index is 13.0. The van der Waals surface area contributed by atoms with E-state index in [0.717, 1.165) is 16.5 Å². The number of pyridine rings is 1. The van der Waals surface area contributed by atoms with Gasteiger partial charge in [0.1, 0.15) is 16.6 Å². The molecule has 7 nitrogen and oxygen atoms in total. The van der Waals surface area contributed by atoms with Gasteiger partial charge in [-0.3, -0.25) is 4.79 Å². The molecule has 3 heterocycles. The van der Waals surface area contributed by atoms with Crippen LogP contribution in [0.4, 0.5) is 0 Å². The van der Waals surface area contributed by atoms with Crippen LogP contribution in [0, 0.1) is 6.92 Å². The SMILES string of the molecule is COCc1nc(OC)c2c(C)c(C(=O)N(C)Cc3ccc(Cl)nc3)sc2n1. The number of nitrogens with zero attached hydrogens (tertiary/aromatic N) is 4. The van der Waals surface area contributed by atoms with E-state index in [2.05, 4.69) is 15.0 Å². The molecule has 1 amide bonds. The second-order valence-corrected chi connectivity index (χ2v) is 7.36. The minimum Gasteiger partial charge on any atom is -0.480 e. The number of methoxy groups -OCH3 is 2. The second kappa shape index (κ2) is 8.16. The molecule has 0 atom stereocenters. The van der Waals surface area contributed by atoms with Gasteiger partial charge in [-0.25, -0.2) is 9.97 Å². The molecule has 0 bridgehead atoms. The average Bonchev–Trinajstić information content (AvgIpc) is 2.99. The van der Waals surface area contributed by atoms with Gasteiger partial charge in [0.15, 0.2) is 5.82 Å². The van der Waals surface area contributed by atoms with Crippen LogP contribution in [0.2, 0.25) is 5.15 Å². The zero-order chi connectivity index (χ0) is 19.6. The van der Waals surface area contributed by atoms with Gasteiger partial charge >= 0.3 is 0 Å². The van der Waals surface area contributed by atoms with E-state index in [1.165, 1.54) is 11.3 Å². The van der Waals surface area contributed by atoms with Crippen LogP contribution in [0.5, 0.6) is 5.88 Å². The van der Waals surface area contributed by atoms with E-state index < -0.39 is 0 Å². The normalized spacial score (nSPS) is 11.0. The molecule has 0 aliphatic rings. The number of carbonyl (C=O) groups excluding carboxylic acids is 1. The van der Waals surface area contributed by atoms with Gasteiger partial charge < -0.3 is 14.4 Å². The zero-order valence-corrected chi connectivity index (χ0v) is 17.0. The van der Waals surface area contributed by atoms with Crippen molar-refractivity contribution in [3.63, 3.8) is 0 Å². The molecule has 3 aromatic rings. The summed E-state index contributed by atoms with van der Waals surface area (Å²) < 4.78 is 10.5. The van der Waals surface area contributed by atoms with Crippen LogP contribution < -0.4 is 4.74 Å². The molecule has 0 unspecified atom stereocenters. The van der Waals surface area contributed by atoms with Crippen LogP contribution in [0.3, 0.4) is 0 Å². The van der Waals surface area contributed by atoms with Crippen LogP contribution in [-0.2, 0) is 17.9 Å². The number of halogens is 1. The van der Waals surface area contributed by atoms with Crippen LogP contribution >= 0.6 is 22.9 Å². The third-order valence-electron chi connectivity index (χ3n) is 4.02. The number of ether oxygens (including phenoxy) is 2. The van der Waals surface area contributed by atoms with Crippen LogP contribution in [0.15, 0.2) is 18.3 Å². The number of rotatable bonds is 6. The third kappa shape index (κ3) is 4.02. The lowest BCUT2D eigenvalue weighted by Gasteiger charge is -2.16. The first-order valence-electron chi connectivity index (χ1n) is 8.13. The Hall–Kier alpha value is -2.29. The lowest BCUT2D eigenvalue weighted by atomic mass is 10.2. The van der Waals surface area contributed by atoms with E-state index in [1.54, 1.807) is 38.4 Å². The predicted molar refractivity (Wildman–Crippen MR) is 104 cm³/mol. The summed E-state index contributed by atoms with van der Waals surface area (Å²) in [6.45, 7) is 2.58. The minimum absolute atomic E-state index is 0.0965. The quantitative estimate of drug-likeness (QED) is 0.583. The fourth-order valence-corrected chi connectivity index (χ4v) is 4.01. The summed E-state index contributed by atoms with van der Waals surface area (Å²) in [5.41, 5.74) is 1.70. The van der Waals surface area contributed by atoms with Crippen molar-refractivity contribution in [3.8, 4) is 5.88 Å². The van der Waals surface area contributed by atoms with Crippen molar-refractivity contribution in [2.45, 2.75) is 20.1 Å². The Bertz CT molecular complexity index is 975. The molecular formula is C18H19ClN4O3S. The molecule has 0 spiro atoms. The van der Waals surface area contributed by atoms with Gasteiger partial charge in [0.2, 0.25) is 5.88 Å². The maximum absolute atomic E-state index is 13.0. The highest BCUT2D eigenvalue weighted by Crippen LogP contribution is 2.35. The highest BCUT2D eigenvalue weighted by molar-refractivity contribution is 7.20. The van der Waals surface area contributed by atoms with Gasteiger partial charge in [-0.2, -0.15) is 4.98 Å². The Morgan fingerprint density at radius 2 is 2.07 bits per heavy atom. The summed E-state index contributed by atoms with van der Waals surface area (Å²) in [5, 5.41) is 1.18. The van der Waals surface area contributed by atoms with Gasteiger partial charge in [0.25, 0.3) is 5.91 Å². The molecule has 9 heteroatoms. The summed E-state index contributed by atoms with van der Waals surface area (Å²) in [7, 11) is 4.88. The molecular weight excluding hydrogens is 388 g/mol. The van der Waals surface area contributed by atoms with Crippen LogP contribution in [0.25, 0.3) is 10.2 Å². The van der Waals surface area contributed by atoms with E-state index >= 15 is 0 Å². The molecule has 0 aliphatic carbocycles. The van der Waals surface area contributed by atoms with E-state index in [0.29, 0.717) is 33.1 Å². The monoisotopic (exact) mass is 406 g/mol. The lowest BCUT2D eigenvalue weighted by Crippen LogP contribution is -2.26. The maximum Gasteiger partial charge on any atom is 0.264 e. The minimum atomic E-state index is -0.0965. The number of carbonyl (C=O) groups is 1. The largest absolute Gasteiger partial charge is 0.480 e. The number of aryl methyl sites for hydroxylation is 1. The number of fused-ring (bicyclic) bond motifs is 1. The first-order chi connectivity index (χ1) is 12.9. The van der Waals surface area contributed by atoms with Crippen molar-refractivity contribution in [2.24, 2.45) is 0 Å². The molecule has 27 heavy (non-hydrogen) atoms.